The number of ether oxygens (including phenoxy) is 1. The summed E-state index contributed by atoms with van der Waals surface area (Å²) < 4.78 is 5.53. The molecule has 0 aromatic rings. The van der Waals surface area contributed by atoms with Crippen LogP contribution in [0.1, 0.15) is 59.8 Å². The van der Waals surface area contributed by atoms with E-state index in [0.717, 1.165) is 19.3 Å². The fraction of sp³-hybridized carbons (Fsp3) is 0.667. The predicted octanol–water partition coefficient (Wildman–Crippen LogP) is 0.780. The zero-order valence-electron chi connectivity index (χ0n) is 21.6. The van der Waals surface area contributed by atoms with Crippen molar-refractivity contribution in [1.82, 2.24) is 26.6 Å². The second-order valence-corrected chi connectivity index (χ2v) is 8.85. The maximum Gasteiger partial charge on any atom is 0.246 e. The van der Waals surface area contributed by atoms with Crippen molar-refractivity contribution >= 4 is 23.6 Å². The first-order valence-electron chi connectivity index (χ1n) is 11.9. The van der Waals surface area contributed by atoms with E-state index in [4.69, 9.17) is 4.74 Å². The van der Waals surface area contributed by atoms with Crippen LogP contribution in [0.3, 0.4) is 0 Å². The molecule has 0 radical (unpaired) electrons. The molecule has 0 aromatic carbocycles. The molecule has 4 amide bonds. The third-order valence-electron chi connectivity index (χ3n) is 5.16. The average Bonchev–Trinajstić information content (AvgIpc) is 2.80. The lowest BCUT2D eigenvalue weighted by molar-refractivity contribution is -0.131. The molecule has 11 heteroatoms. The van der Waals surface area contributed by atoms with Gasteiger partial charge in [-0.2, -0.15) is 0 Å². The van der Waals surface area contributed by atoms with E-state index in [-0.39, 0.29) is 55.8 Å². The molecule has 0 saturated heterocycles. The van der Waals surface area contributed by atoms with Gasteiger partial charge in [0.15, 0.2) is 0 Å². The molecule has 1 atom stereocenters. The van der Waals surface area contributed by atoms with E-state index in [1.165, 1.54) is 0 Å². The standard InChI is InChI=1S/C24H43N5O6/c1-7-24(5,6)35-16-23(34)25-12-10-8-9-11-20(31)27-14-22(33)28-15-21(32)26-13-17(2)29-18(3)19(4)30/h18,29-30H,2,4,7-16H2,1,3,5-6H3,(H,25,34)(H,26,32)(H,27,31)(H,28,33). The summed E-state index contributed by atoms with van der Waals surface area (Å²) in [5.41, 5.74) is 0.157. The van der Waals surface area contributed by atoms with Gasteiger partial charge in [-0.1, -0.05) is 26.5 Å². The first-order valence-corrected chi connectivity index (χ1v) is 11.9. The van der Waals surface area contributed by atoms with E-state index in [1.54, 1.807) is 6.92 Å². The normalized spacial score (nSPS) is 11.7. The largest absolute Gasteiger partial charge is 0.511 e. The summed E-state index contributed by atoms with van der Waals surface area (Å²) in [5.74, 6) is -1.37. The molecule has 6 N–H and O–H groups in total. The van der Waals surface area contributed by atoms with Crippen molar-refractivity contribution in [1.29, 1.82) is 0 Å². The van der Waals surface area contributed by atoms with Crippen molar-refractivity contribution in [3.05, 3.63) is 24.6 Å². The highest BCUT2D eigenvalue weighted by Crippen LogP contribution is 2.12. The van der Waals surface area contributed by atoms with Gasteiger partial charge in [-0.15, -0.1) is 0 Å². The van der Waals surface area contributed by atoms with Gasteiger partial charge in [-0.25, -0.2) is 0 Å². The quantitative estimate of drug-likeness (QED) is 0.114. The van der Waals surface area contributed by atoms with Crippen LogP contribution in [0.15, 0.2) is 24.6 Å². The average molecular weight is 498 g/mol. The summed E-state index contributed by atoms with van der Waals surface area (Å²) in [7, 11) is 0. The maximum atomic E-state index is 11.9. The van der Waals surface area contributed by atoms with Crippen molar-refractivity contribution in [2.45, 2.75) is 71.4 Å². The summed E-state index contributed by atoms with van der Waals surface area (Å²) in [6.45, 7) is 14.9. The van der Waals surface area contributed by atoms with Crippen molar-refractivity contribution in [2.24, 2.45) is 0 Å². The zero-order valence-corrected chi connectivity index (χ0v) is 21.6. The lowest BCUT2D eigenvalue weighted by Gasteiger charge is -2.22. The first-order chi connectivity index (χ1) is 16.4. The predicted molar refractivity (Wildman–Crippen MR) is 134 cm³/mol. The smallest absolute Gasteiger partial charge is 0.246 e. The third kappa shape index (κ3) is 18.0. The summed E-state index contributed by atoms with van der Waals surface area (Å²) in [6, 6.07) is -0.396. The molecule has 0 saturated carbocycles. The molecule has 0 spiro atoms. The monoisotopic (exact) mass is 497 g/mol. The lowest BCUT2D eigenvalue weighted by Crippen LogP contribution is -2.43. The Kier molecular flexibility index (Phi) is 15.8. The van der Waals surface area contributed by atoms with Gasteiger partial charge in [0.25, 0.3) is 0 Å². The van der Waals surface area contributed by atoms with Gasteiger partial charge < -0.3 is 36.4 Å². The molecule has 11 nitrogen and oxygen atoms in total. The van der Waals surface area contributed by atoms with Crippen molar-refractivity contribution in [3.63, 3.8) is 0 Å². The highest BCUT2D eigenvalue weighted by Gasteiger charge is 2.16. The fourth-order valence-electron chi connectivity index (χ4n) is 2.45. The molecule has 0 bridgehead atoms. The molecule has 0 aromatic heterocycles. The maximum absolute atomic E-state index is 11.9. The summed E-state index contributed by atoms with van der Waals surface area (Å²) >= 11 is 0. The van der Waals surface area contributed by atoms with Crippen LogP contribution in [-0.2, 0) is 23.9 Å². The number of carbonyl (C=O) groups is 4. The Balaban J connectivity index is 3.79. The number of carbonyl (C=O) groups excluding carboxylic acids is 4. The topological polar surface area (TPSA) is 158 Å². The molecule has 0 heterocycles. The Labute approximate surface area is 208 Å². The van der Waals surface area contributed by atoms with E-state index < -0.39 is 17.9 Å². The van der Waals surface area contributed by atoms with Crippen LogP contribution < -0.4 is 26.6 Å². The molecular formula is C24H43N5O6. The summed E-state index contributed by atoms with van der Waals surface area (Å²) in [4.78, 5) is 47.2. The van der Waals surface area contributed by atoms with Gasteiger partial charge in [0.2, 0.25) is 23.6 Å². The third-order valence-corrected chi connectivity index (χ3v) is 5.16. The number of aliphatic hydroxyl groups excluding tert-OH is 1. The van der Waals surface area contributed by atoms with Gasteiger partial charge >= 0.3 is 0 Å². The Morgan fingerprint density at radius 3 is 2.00 bits per heavy atom. The minimum atomic E-state index is -0.480. The van der Waals surface area contributed by atoms with Crippen LogP contribution in [-0.4, -0.2) is 73.2 Å². The van der Waals surface area contributed by atoms with E-state index >= 15 is 0 Å². The van der Waals surface area contributed by atoms with Gasteiger partial charge in [-0.05, 0) is 40.0 Å². The number of amides is 4. The van der Waals surface area contributed by atoms with Gasteiger partial charge in [0.1, 0.15) is 12.4 Å². The number of nitrogens with one attached hydrogen (secondary N) is 5. The second-order valence-electron chi connectivity index (χ2n) is 8.85. The van der Waals surface area contributed by atoms with Gasteiger partial charge in [0.05, 0.1) is 31.3 Å². The molecule has 200 valence electrons. The summed E-state index contributed by atoms with van der Waals surface area (Å²) in [5, 5.41) is 22.4. The van der Waals surface area contributed by atoms with Gasteiger partial charge in [-0.3, -0.25) is 19.2 Å². The molecular weight excluding hydrogens is 454 g/mol. The second kappa shape index (κ2) is 17.4. The molecule has 35 heavy (non-hydrogen) atoms. The van der Waals surface area contributed by atoms with Crippen LogP contribution in [0.5, 0.6) is 0 Å². The number of rotatable bonds is 19. The van der Waals surface area contributed by atoms with E-state index in [9.17, 15) is 24.3 Å². The lowest BCUT2D eigenvalue weighted by atomic mass is 10.1. The van der Waals surface area contributed by atoms with Crippen molar-refractivity contribution in [3.8, 4) is 0 Å². The Bertz CT molecular complexity index is 738. The Hall–Kier alpha value is -3.08. The highest BCUT2D eigenvalue weighted by atomic mass is 16.5. The van der Waals surface area contributed by atoms with Crippen LogP contribution in [0, 0.1) is 0 Å². The number of unbranched alkanes of at least 4 members (excludes halogenated alkanes) is 2. The molecule has 0 aliphatic heterocycles. The van der Waals surface area contributed by atoms with Crippen LogP contribution in [0.4, 0.5) is 0 Å². The highest BCUT2D eigenvalue weighted by molar-refractivity contribution is 5.88. The molecule has 0 aliphatic carbocycles. The van der Waals surface area contributed by atoms with Gasteiger partial charge in [0, 0.05) is 18.7 Å². The van der Waals surface area contributed by atoms with E-state index in [0.29, 0.717) is 18.7 Å². The Morgan fingerprint density at radius 1 is 0.857 bits per heavy atom. The minimum Gasteiger partial charge on any atom is -0.511 e. The zero-order chi connectivity index (χ0) is 26.9. The number of hydrogen-bond donors (Lipinski definition) is 6. The van der Waals surface area contributed by atoms with Crippen molar-refractivity contribution in [2.75, 3.05) is 32.8 Å². The number of hydrogen-bond acceptors (Lipinski definition) is 7. The Morgan fingerprint density at radius 2 is 1.43 bits per heavy atom. The minimum absolute atomic E-state index is 0.0276. The first kappa shape index (κ1) is 31.9. The summed E-state index contributed by atoms with van der Waals surface area (Å²) in [6.07, 6.45) is 3.21. The molecule has 0 fully saturated rings. The van der Waals surface area contributed by atoms with E-state index in [2.05, 4.69) is 39.7 Å². The molecule has 1 unspecified atom stereocenters. The molecule has 0 rings (SSSR count). The number of aliphatic hydroxyl groups is 1. The van der Waals surface area contributed by atoms with Crippen molar-refractivity contribution < 1.29 is 29.0 Å². The van der Waals surface area contributed by atoms with Crippen LogP contribution in [0.25, 0.3) is 0 Å². The SMILES string of the molecule is C=C(CNC(=O)CNC(=O)CNC(=O)CCCCCNC(=O)COC(C)(C)CC)NC(C)C(=C)O. The van der Waals surface area contributed by atoms with E-state index in [1.807, 2.05) is 20.8 Å². The van der Waals surface area contributed by atoms with Crippen LogP contribution >= 0.6 is 0 Å². The van der Waals surface area contributed by atoms with Crippen LogP contribution in [0.2, 0.25) is 0 Å². The molecule has 0 aliphatic rings. The fourth-order valence-corrected chi connectivity index (χ4v) is 2.45.